The van der Waals surface area contributed by atoms with Crippen LogP contribution in [0.15, 0.2) is 65.8 Å². The predicted molar refractivity (Wildman–Crippen MR) is 135 cm³/mol. The molecule has 0 N–H and O–H groups in total. The number of anilines is 2. The van der Waals surface area contributed by atoms with Crippen LogP contribution in [-0.2, 0) is 0 Å². The van der Waals surface area contributed by atoms with E-state index < -0.39 is 0 Å². The summed E-state index contributed by atoms with van der Waals surface area (Å²) in [5.74, 6) is 0.484. The van der Waals surface area contributed by atoms with Gasteiger partial charge in [-0.1, -0.05) is 29.8 Å². The van der Waals surface area contributed by atoms with E-state index >= 15 is 0 Å². The molecule has 0 amide bonds. The van der Waals surface area contributed by atoms with Crippen LogP contribution in [-0.4, -0.2) is 29.4 Å². The van der Waals surface area contributed by atoms with Gasteiger partial charge < -0.3 is 9.64 Å². The molecule has 1 heterocycles. The maximum absolute atomic E-state index is 9.60. The number of fused-ring (bicyclic) bond motifs is 1. The van der Waals surface area contributed by atoms with Crippen molar-refractivity contribution >= 4 is 45.8 Å². The van der Waals surface area contributed by atoms with Gasteiger partial charge in [-0.25, -0.2) is 4.98 Å². The molecule has 7 heteroatoms. The average molecular weight is 473 g/mol. The van der Waals surface area contributed by atoms with E-state index in [0.29, 0.717) is 16.3 Å². The maximum atomic E-state index is 9.60. The third kappa shape index (κ3) is 4.47. The number of rotatable bonds is 6. The first-order valence-corrected chi connectivity index (χ1v) is 12.2. The number of nitriles is 1. The van der Waals surface area contributed by atoms with Gasteiger partial charge in [-0.2, -0.15) is 5.26 Å². The van der Waals surface area contributed by atoms with E-state index in [2.05, 4.69) is 52.4 Å². The fraction of sp³-hybridized carbons (Fsp3) is 0.192. The van der Waals surface area contributed by atoms with Crippen molar-refractivity contribution in [3.8, 4) is 22.9 Å². The Bertz CT molecular complexity index is 1380. The van der Waals surface area contributed by atoms with Crippen molar-refractivity contribution in [1.82, 2.24) is 9.97 Å². The van der Waals surface area contributed by atoms with Gasteiger partial charge in [-0.05, 0) is 66.6 Å². The number of benzene rings is 3. The molecule has 0 saturated heterocycles. The third-order valence-electron chi connectivity index (χ3n) is 5.66. The zero-order chi connectivity index (χ0) is 22.9. The lowest BCUT2D eigenvalue weighted by atomic mass is 10.0. The average Bonchev–Trinajstić information content (AvgIpc) is 3.68. The summed E-state index contributed by atoms with van der Waals surface area (Å²) < 4.78 is 5.84. The molecular formula is C26H21ClN4OS. The Balaban J connectivity index is 1.40. The molecule has 0 spiro atoms. The van der Waals surface area contributed by atoms with Crippen LogP contribution in [0.4, 0.5) is 11.4 Å². The topological polar surface area (TPSA) is 62.0 Å². The number of hydrogen-bond acceptors (Lipinski definition) is 6. The van der Waals surface area contributed by atoms with Crippen molar-refractivity contribution in [2.45, 2.75) is 24.0 Å². The molecule has 3 aromatic carbocycles. The van der Waals surface area contributed by atoms with Crippen LogP contribution in [0.2, 0.25) is 5.02 Å². The highest BCUT2D eigenvalue weighted by Crippen LogP contribution is 2.39. The molecule has 1 aromatic heterocycles. The summed E-state index contributed by atoms with van der Waals surface area (Å²) in [6, 6.07) is 20.3. The van der Waals surface area contributed by atoms with Crippen molar-refractivity contribution < 1.29 is 4.74 Å². The minimum Gasteiger partial charge on any atom is -0.487 e. The highest BCUT2D eigenvalue weighted by molar-refractivity contribution is 7.98. The number of ether oxygens (including phenoxy) is 1. The number of thioether (sulfide) groups is 1. The van der Waals surface area contributed by atoms with Crippen molar-refractivity contribution in [2.75, 3.05) is 18.2 Å². The minimum absolute atomic E-state index is 0.180. The Morgan fingerprint density at radius 3 is 2.48 bits per heavy atom. The summed E-state index contributed by atoms with van der Waals surface area (Å²) in [7, 11) is 1.96. The number of halogens is 1. The maximum Gasteiger partial charge on any atom is 0.156 e. The van der Waals surface area contributed by atoms with Crippen molar-refractivity contribution in [1.29, 1.82) is 5.26 Å². The van der Waals surface area contributed by atoms with Crippen LogP contribution in [0.1, 0.15) is 18.4 Å². The van der Waals surface area contributed by atoms with E-state index in [1.54, 1.807) is 18.0 Å². The van der Waals surface area contributed by atoms with Crippen LogP contribution < -0.4 is 9.64 Å². The van der Waals surface area contributed by atoms with Gasteiger partial charge in [0.1, 0.15) is 11.1 Å². The van der Waals surface area contributed by atoms with Gasteiger partial charge in [-0.15, -0.1) is 11.8 Å². The summed E-state index contributed by atoms with van der Waals surface area (Å²) in [6.45, 7) is 0. The van der Waals surface area contributed by atoms with Crippen LogP contribution in [0.3, 0.4) is 0 Å². The standard InChI is InChI=1S/C26H21ClN4OS/c1-31(20-11-18(14-28)26(22(27)13-20)32-21-8-9-21)19-6-3-16(4-7-19)17-5-10-23-24(12-17)29-15-25(30-23)33-2/h3-7,10-13,15,21H,8-9H2,1-2H3. The molecule has 0 bridgehead atoms. The second kappa shape index (κ2) is 8.93. The van der Waals surface area contributed by atoms with Crippen LogP contribution in [0, 0.1) is 11.3 Å². The van der Waals surface area contributed by atoms with E-state index in [4.69, 9.17) is 16.3 Å². The zero-order valence-corrected chi connectivity index (χ0v) is 19.8. The van der Waals surface area contributed by atoms with Gasteiger partial charge in [0, 0.05) is 18.4 Å². The fourth-order valence-corrected chi connectivity index (χ4v) is 4.23. The molecule has 5 nitrogen and oxygen atoms in total. The number of nitrogens with zero attached hydrogens (tertiary/aromatic N) is 4. The molecule has 164 valence electrons. The fourth-order valence-electron chi connectivity index (χ4n) is 3.63. The first-order valence-electron chi connectivity index (χ1n) is 10.6. The predicted octanol–water partition coefficient (Wildman–Crippen LogP) is 6.85. The van der Waals surface area contributed by atoms with Gasteiger partial charge in [0.05, 0.1) is 33.9 Å². The minimum atomic E-state index is 0.180. The Morgan fingerprint density at radius 2 is 1.79 bits per heavy atom. The van der Waals surface area contributed by atoms with Crippen LogP contribution in [0.25, 0.3) is 22.2 Å². The normalized spacial score (nSPS) is 13.0. The monoisotopic (exact) mass is 472 g/mol. The largest absolute Gasteiger partial charge is 0.487 e. The highest BCUT2D eigenvalue weighted by Gasteiger charge is 2.26. The molecule has 0 radical (unpaired) electrons. The van der Waals surface area contributed by atoms with Crippen molar-refractivity contribution in [3.05, 3.63) is 71.4 Å². The molecule has 4 aromatic rings. The lowest BCUT2D eigenvalue weighted by Gasteiger charge is -2.21. The Kier molecular flexibility index (Phi) is 5.84. The quantitative estimate of drug-likeness (QED) is 0.286. The molecule has 1 fully saturated rings. The first kappa shape index (κ1) is 21.6. The molecule has 1 aliphatic rings. The Morgan fingerprint density at radius 1 is 1.03 bits per heavy atom. The molecule has 0 atom stereocenters. The van der Waals surface area contributed by atoms with E-state index in [9.17, 15) is 5.26 Å². The summed E-state index contributed by atoms with van der Waals surface area (Å²) >= 11 is 8.06. The van der Waals surface area contributed by atoms with E-state index in [-0.39, 0.29) is 6.10 Å². The second-order valence-electron chi connectivity index (χ2n) is 7.96. The van der Waals surface area contributed by atoms with Crippen molar-refractivity contribution in [2.24, 2.45) is 0 Å². The highest BCUT2D eigenvalue weighted by atomic mass is 35.5. The van der Waals surface area contributed by atoms with Gasteiger partial charge in [0.15, 0.2) is 5.75 Å². The van der Waals surface area contributed by atoms with Gasteiger partial charge in [0.25, 0.3) is 0 Å². The lowest BCUT2D eigenvalue weighted by Crippen LogP contribution is -2.10. The molecule has 1 aliphatic carbocycles. The number of hydrogen-bond donors (Lipinski definition) is 0. The molecule has 0 unspecified atom stereocenters. The van der Waals surface area contributed by atoms with E-state index in [0.717, 1.165) is 51.4 Å². The van der Waals surface area contributed by atoms with Gasteiger partial charge >= 0.3 is 0 Å². The molecule has 1 saturated carbocycles. The van der Waals surface area contributed by atoms with Crippen LogP contribution >= 0.6 is 23.4 Å². The molecule has 5 rings (SSSR count). The smallest absolute Gasteiger partial charge is 0.156 e. The second-order valence-corrected chi connectivity index (χ2v) is 9.19. The number of aromatic nitrogens is 2. The molecular weight excluding hydrogens is 452 g/mol. The lowest BCUT2D eigenvalue weighted by molar-refractivity contribution is 0.302. The van der Waals surface area contributed by atoms with E-state index in [1.165, 1.54) is 0 Å². The summed E-state index contributed by atoms with van der Waals surface area (Å²) in [5.41, 5.74) is 6.21. The Hall–Kier alpha value is -3.27. The van der Waals surface area contributed by atoms with Crippen LogP contribution in [0.5, 0.6) is 5.75 Å². The summed E-state index contributed by atoms with van der Waals surface area (Å²) in [4.78, 5) is 11.1. The summed E-state index contributed by atoms with van der Waals surface area (Å²) in [6.07, 6.45) is 6.00. The van der Waals surface area contributed by atoms with Crippen molar-refractivity contribution in [3.63, 3.8) is 0 Å². The zero-order valence-electron chi connectivity index (χ0n) is 18.2. The van der Waals surface area contributed by atoms with Gasteiger partial charge in [-0.3, -0.25) is 4.98 Å². The summed E-state index contributed by atoms with van der Waals surface area (Å²) in [5, 5.41) is 11.0. The first-order chi connectivity index (χ1) is 16.1. The molecule has 33 heavy (non-hydrogen) atoms. The SMILES string of the molecule is CSc1cnc2cc(-c3ccc(N(C)c4cc(Cl)c(OC5CC5)c(C#N)c4)cc3)ccc2n1. The third-order valence-corrected chi connectivity index (χ3v) is 6.56. The van der Waals surface area contributed by atoms with Gasteiger partial charge in [0.2, 0.25) is 0 Å². The molecule has 0 aliphatic heterocycles. The Labute approximate surface area is 202 Å². The van der Waals surface area contributed by atoms with E-state index in [1.807, 2.05) is 36.4 Å².